The molecule has 2 saturated heterocycles. The summed E-state index contributed by atoms with van der Waals surface area (Å²) in [6, 6.07) is 37.3. The molecule has 0 spiro atoms. The van der Waals surface area contributed by atoms with Gasteiger partial charge in [-0.15, -0.1) is 25.7 Å². The second kappa shape index (κ2) is 34.2. The zero-order valence-corrected chi connectivity index (χ0v) is 52.5. The molecule has 6 aliphatic rings. The minimum Gasteiger partial charge on any atom is -0.386 e. The van der Waals surface area contributed by atoms with E-state index in [0.29, 0.717) is 33.6 Å². The minimum absolute atomic E-state index is 0.0523. The maximum absolute atomic E-state index is 11.6. The van der Waals surface area contributed by atoms with E-state index < -0.39 is 16.8 Å². The monoisotopic (exact) mass is 1240 g/mol. The Morgan fingerprint density at radius 1 is 0.462 bits per heavy atom. The van der Waals surface area contributed by atoms with E-state index in [1.165, 1.54) is 30.7 Å². The van der Waals surface area contributed by atoms with E-state index in [9.17, 15) is 53.7 Å². The van der Waals surface area contributed by atoms with Gasteiger partial charge in [-0.25, -0.2) is 9.80 Å². The Hall–Kier alpha value is -11.0. The summed E-state index contributed by atoms with van der Waals surface area (Å²) in [7, 11) is 0. The summed E-state index contributed by atoms with van der Waals surface area (Å²) in [6.45, 7) is 21.7. The smallest absolute Gasteiger partial charge is 0.260 e. The lowest BCUT2D eigenvalue weighted by atomic mass is 9.79. The van der Waals surface area contributed by atoms with Crippen molar-refractivity contribution in [2.45, 2.75) is 101 Å². The van der Waals surface area contributed by atoms with Crippen molar-refractivity contribution >= 4 is 76.9 Å². The number of rotatable bonds is 10. The predicted octanol–water partition coefficient (Wildman–Crippen LogP) is 11.2. The van der Waals surface area contributed by atoms with Gasteiger partial charge in [0.1, 0.15) is 0 Å². The lowest BCUT2D eigenvalue weighted by Gasteiger charge is -2.32. The number of hydrogen-bond donors (Lipinski definition) is 3. The van der Waals surface area contributed by atoms with Crippen molar-refractivity contribution in [2.24, 2.45) is 0 Å². The molecule has 4 aliphatic heterocycles. The van der Waals surface area contributed by atoms with Gasteiger partial charge in [0.05, 0.1) is 54.1 Å². The molecule has 4 fully saturated rings. The topological polar surface area (TPSA) is 210 Å². The molecule has 474 valence electrons. The van der Waals surface area contributed by atoms with Crippen molar-refractivity contribution in [1.29, 1.82) is 0 Å². The molecule has 0 bridgehead atoms. The van der Waals surface area contributed by atoms with Crippen LogP contribution in [0.4, 0.5) is 11.4 Å². The molecule has 0 aromatic heterocycles. The molecule has 3 N–H and O–H groups in total. The van der Waals surface area contributed by atoms with E-state index in [1.54, 1.807) is 68.5 Å². The van der Waals surface area contributed by atoms with Crippen molar-refractivity contribution in [3.63, 3.8) is 0 Å². The average Bonchev–Trinajstić information content (AvgIpc) is 1.86. The number of amides is 8. The van der Waals surface area contributed by atoms with Crippen LogP contribution in [-0.2, 0) is 55.2 Å². The van der Waals surface area contributed by atoms with E-state index in [1.807, 2.05) is 84.9 Å². The van der Waals surface area contributed by atoms with Gasteiger partial charge < -0.3 is 15.3 Å². The van der Waals surface area contributed by atoms with Gasteiger partial charge in [-0.3, -0.25) is 48.2 Å². The van der Waals surface area contributed by atoms with Crippen LogP contribution in [0.3, 0.4) is 0 Å². The lowest BCUT2D eigenvalue weighted by Crippen LogP contribution is -2.29. The Kier molecular flexibility index (Phi) is 26.8. The third-order valence-corrected chi connectivity index (χ3v) is 15.5. The highest BCUT2D eigenvalue weighted by Gasteiger charge is 2.35. The van der Waals surface area contributed by atoms with E-state index in [2.05, 4.69) is 56.6 Å². The van der Waals surface area contributed by atoms with E-state index in [0.717, 1.165) is 104 Å². The van der Waals surface area contributed by atoms with Crippen LogP contribution in [0.2, 0.25) is 0 Å². The zero-order valence-electron chi connectivity index (χ0n) is 52.5. The molecule has 4 heterocycles. The molecule has 0 unspecified atom stereocenters. The Morgan fingerprint density at radius 3 is 1.14 bits per heavy atom. The highest BCUT2D eigenvalue weighted by molar-refractivity contribution is 6.28. The van der Waals surface area contributed by atoms with Gasteiger partial charge in [0.15, 0.2) is 0 Å². The molecular formula is C78H76N4O11. The number of likely N-dealkylation sites (tertiary alicyclic amines) is 1. The number of anilines is 2. The fourth-order valence-corrected chi connectivity index (χ4v) is 10.1. The Morgan fingerprint density at radius 2 is 0.806 bits per heavy atom. The fourth-order valence-electron chi connectivity index (χ4n) is 10.1. The quantitative estimate of drug-likeness (QED) is 0.0680. The summed E-state index contributed by atoms with van der Waals surface area (Å²) in [4.78, 5) is 93.4. The summed E-state index contributed by atoms with van der Waals surface area (Å²) in [6.07, 6.45) is 40.3. The number of benzene rings is 5. The Balaban J connectivity index is 0.000000198. The molecule has 15 nitrogen and oxygen atoms in total. The van der Waals surface area contributed by atoms with Gasteiger partial charge in [-0.2, -0.15) is 0 Å². The van der Waals surface area contributed by atoms with Crippen LogP contribution in [0, 0.1) is 49.4 Å². The van der Waals surface area contributed by atoms with Crippen molar-refractivity contribution < 1.29 is 53.7 Å². The third kappa shape index (κ3) is 20.2. The van der Waals surface area contributed by atoms with Gasteiger partial charge >= 0.3 is 0 Å². The maximum Gasteiger partial charge on any atom is 0.260 e. The number of nitrogens with zero attached hydrogens (tertiary/aromatic N) is 4. The highest BCUT2D eigenvalue weighted by Crippen LogP contribution is 2.39. The summed E-state index contributed by atoms with van der Waals surface area (Å²) >= 11 is 0. The van der Waals surface area contributed by atoms with Crippen LogP contribution in [0.1, 0.15) is 129 Å². The first kappa shape index (κ1) is 72.7. The first-order chi connectivity index (χ1) is 44.3. The van der Waals surface area contributed by atoms with Gasteiger partial charge in [0.25, 0.3) is 35.4 Å². The SMILES string of the molecule is C#CCN1C(=O)C=CC1=O.C#CCN1C(=O)CC(=C)C1=O.C#Cc1ccc(N2C(=O)C=CC2=O)cc1.C#Cc1ccc(N2C(=O)CC(=C)C2=O)cc1.C=Cc1ccc(C(C)(C)O)cc1.C=Cc1ccc(C2(O)CCCC2)cc1.C=Cc1ccc(C2(O)CCCCC2)cc1. The van der Waals surface area contributed by atoms with Gasteiger partial charge in [0, 0.05) is 46.6 Å². The van der Waals surface area contributed by atoms with Crippen molar-refractivity contribution in [1.82, 2.24) is 9.80 Å². The van der Waals surface area contributed by atoms with Crippen molar-refractivity contribution in [3.8, 4) is 49.4 Å². The molecule has 15 heteroatoms. The van der Waals surface area contributed by atoms with Crippen LogP contribution >= 0.6 is 0 Å². The van der Waals surface area contributed by atoms with Gasteiger partial charge in [0.2, 0.25) is 11.8 Å². The maximum atomic E-state index is 11.6. The van der Waals surface area contributed by atoms with Crippen LogP contribution in [0.15, 0.2) is 190 Å². The summed E-state index contributed by atoms with van der Waals surface area (Å²) in [5.74, 6) is 6.90. The molecule has 5 aromatic rings. The van der Waals surface area contributed by atoms with E-state index in [4.69, 9.17) is 25.7 Å². The second-order valence-electron chi connectivity index (χ2n) is 22.5. The van der Waals surface area contributed by atoms with E-state index >= 15 is 0 Å². The molecule has 11 rings (SSSR count). The molecule has 0 radical (unpaired) electrons. The second-order valence-corrected chi connectivity index (χ2v) is 22.5. The predicted molar refractivity (Wildman–Crippen MR) is 365 cm³/mol. The number of terminal acetylenes is 4. The number of aliphatic hydroxyl groups is 3. The number of imide groups is 4. The summed E-state index contributed by atoms with van der Waals surface area (Å²) < 4.78 is 0. The first-order valence-electron chi connectivity index (χ1n) is 29.8. The number of hydrogen-bond acceptors (Lipinski definition) is 11. The lowest BCUT2D eigenvalue weighted by molar-refractivity contribution is -0.138. The van der Waals surface area contributed by atoms with E-state index in [-0.39, 0.29) is 73.2 Å². The van der Waals surface area contributed by atoms with Crippen LogP contribution in [-0.4, -0.2) is 85.5 Å². The molecule has 5 aromatic carbocycles. The van der Waals surface area contributed by atoms with Gasteiger partial charge in [-0.05, 0) is 121 Å². The standard InChI is InChI=1S/C14H18O.C13H9NO2.C13H16O.C12H7NO2.C11H14O.C8H7NO2.C7H5NO2/c1-2-12-6-8-13(9-7-12)14(15)10-4-3-5-11-14;1-3-10-4-6-11(7-5-10)14-12(15)8-9(2)13(14)16;1-2-11-5-7-12(8-6-11)13(14)9-3-4-10-13;1-2-9-3-5-10(6-4-9)13-11(14)7-8-12(13)15;1-4-9-5-7-10(8-6-9)11(2,3)12;1-3-4-9-7(10)5-6(2)8(9)11;1-2-5-8-6(9)3-4-7(8)10/h2,6-9,15H,1,3-5,10-11H2;1,4-7H,2,8H2;2,5-8,14H,1,3-4,9-10H2;1,3-8H;4-8,12H,1H2,2-3H3;1H,2,4-5H2;1,3-4H,5H2. The fraction of sp³-hybridized carbons (Fsp3) is 0.231. The molecule has 0 atom stereocenters. The number of carbonyl (C=O) groups is 8. The van der Waals surface area contributed by atoms with Crippen molar-refractivity contribution in [2.75, 3.05) is 22.9 Å². The average molecular weight is 1250 g/mol. The van der Waals surface area contributed by atoms with Crippen LogP contribution in [0.25, 0.3) is 18.2 Å². The molecule has 93 heavy (non-hydrogen) atoms. The molecular weight excluding hydrogens is 1170 g/mol. The highest BCUT2D eigenvalue weighted by atomic mass is 16.3. The Labute approximate surface area is 545 Å². The minimum atomic E-state index is -0.750. The normalized spacial score (nSPS) is 16.4. The zero-order chi connectivity index (χ0) is 68.5. The van der Waals surface area contributed by atoms with Crippen LogP contribution in [0.5, 0.6) is 0 Å². The van der Waals surface area contributed by atoms with Crippen molar-refractivity contribution in [3.05, 3.63) is 234 Å². The summed E-state index contributed by atoms with van der Waals surface area (Å²) in [5.41, 5.74) is 7.60. The molecule has 2 aliphatic carbocycles. The summed E-state index contributed by atoms with van der Waals surface area (Å²) in [5, 5.41) is 30.4. The molecule has 8 amide bonds. The largest absolute Gasteiger partial charge is 0.386 e. The Bertz CT molecular complexity index is 3820. The third-order valence-electron chi connectivity index (χ3n) is 15.5. The first-order valence-corrected chi connectivity index (χ1v) is 29.8. The van der Waals surface area contributed by atoms with Gasteiger partial charge in [-0.1, -0.05) is 180 Å². The van der Waals surface area contributed by atoms with Crippen LogP contribution < -0.4 is 9.80 Å². The molecule has 2 saturated carbocycles. The number of carbonyl (C=O) groups excluding carboxylic acids is 8.